The monoisotopic (exact) mass is 141 g/mol. The third-order valence-electron chi connectivity index (χ3n) is 0.619. The molecule has 0 radical (unpaired) electrons. The van der Waals surface area contributed by atoms with Gasteiger partial charge < -0.3 is 10.2 Å². The Bertz CT molecular complexity index is 235. The average molecular weight is 141 g/mol. The van der Waals surface area contributed by atoms with Crippen molar-refractivity contribution in [1.29, 1.82) is 5.26 Å². The molecule has 0 amide bonds. The molecule has 5 heteroatoms. The molecule has 0 fully saturated rings. The first-order valence-corrected chi connectivity index (χ1v) is 2.16. The minimum atomic E-state index is -1.54. The molecule has 0 aliphatic heterocycles. The molecule has 0 unspecified atom stereocenters. The lowest BCUT2D eigenvalue weighted by atomic mass is 10.3. The quantitative estimate of drug-likeness (QED) is 0.403. The summed E-state index contributed by atoms with van der Waals surface area (Å²) in [5.74, 6) is -2.98. The van der Waals surface area contributed by atoms with Crippen LogP contribution in [0.3, 0.4) is 0 Å². The number of hydrogen-bond donors (Lipinski definition) is 2. The summed E-state index contributed by atoms with van der Waals surface area (Å²) in [6, 6.07) is 1.21. The van der Waals surface area contributed by atoms with E-state index in [1.165, 1.54) is 6.07 Å². The van der Waals surface area contributed by atoms with Crippen LogP contribution in [-0.2, 0) is 9.59 Å². The van der Waals surface area contributed by atoms with Gasteiger partial charge in [-0.3, -0.25) is 0 Å². The van der Waals surface area contributed by atoms with Gasteiger partial charge in [-0.25, -0.2) is 9.59 Å². The van der Waals surface area contributed by atoms with Crippen molar-refractivity contribution in [1.82, 2.24) is 0 Å². The third-order valence-corrected chi connectivity index (χ3v) is 0.619. The number of rotatable bonds is 2. The Balaban J connectivity index is 4.55. The van der Waals surface area contributed by atoms with Crippen LogP contribution >= 0.6 is 0 Å². The van der Waals surface area contributed by atoms with Crippen molar-refractivity contribution in [3.8, 4) is 6.07 Å². The molecule has 0 heterocycles. The standard InChI is InChI=1S/C5H3NO4/c6-2-3(5(9)10)1-4(7)8/h1H,(H,7,8)(H,9,10)/b3-1+. The predicted octanol–water partition coefficient (Wildman–Crippen LogP) is -0.394. The van der Waals surface area contributed by atoms with E-state index in [1.807, 2.05) is 0 Å². The molecule has 0 aromatic rings. The summed E-state index contributed by atoms with van der Waals surface area (Å²) in [7, 11) is 0. The first-order valence-electron chi connectivity index (χ1n) is 2.16. The van der Waals surface area contributed by atoms with Gasteiger partial charge >= 0.3 is 11.9 Å². The van der Waals surface area contributed by atoms with Gasteiger partial charge in [-0.2, -0.15) is 5.26 Å². The Morgan fingerprint density at radius 3 is 2.00 bits per heavy atom. The van der Waals surface area contributed by atoms with Crippen molar-refractivity contribution >= 4 is 11.9 Å². The van der Waals surface area contributed by atoms with Gasteiger partial charge in [-0.05, 0) is 0 Å². The molecule has 0 saturated carbocycles. The summed E-state index contributed by atoms with van der Waals surface area (Å²) in [4.78, 5) is 19.7. The topological polar surface area (TPSA) is 98.4 Å². The molecule has 52 valence electrons. The summed E-state index contributed by atoms with van der Waals surface area (Å²) in [6.07, 6.45) is 0.336. The molecule has 0 rings (SSSR count). The Morgan fingerprint density at radius 2 is 1.90 bits per heavy atom. The zero-order chi connectivity index (χ0) is 8.15. The van der Waals surface area contributed by atoms with Gasteiger partial charge in [-0.15, -0.1) is 0 Å². The Hall–Kier alpha value is -1.83. The number of nitrogens with zero attached hydrogens (tertiary/aromatic N) is 1. The Morgan fingerprint density at radius 1 is 1.40 bits per heavy atom. The summed E-state index contributed by atoms with van der Waals surface area (Å²) in [5, 5.41) is 24.0. The van der Waals surface area contributed by atoms with Crippen molar-refractivity contribution in [2.24, 2.45) is 0 Å². The van der Waals surface area contributed by atoms with Crippen LogP contribution in [0.2, 0.25) is 0 Å². The summed E-state index contributed by atoms with van der Waals surface area (Å²) < 4.78 is 0. The highest BCUT2D eigenvalue weighted by atomic mass is 16.4. The molecule has 0 bridgehead atoms. The van der Waals surface area contributed by atoms with Crippen molar-refractivity contribution in [3.05, 3.63) is 11.6 Å². The molecular formula is C5H3NO4. The fourth-order valence-corrected chi connectivity index (χ4v) is 0.265. The van der Waals surface area contributed by atoms with E-state index in [1.54, 1.807) is 0 Å². The Labute approximate surface area is 55.8 Å². The second kappa shape index (κ2) is 3.25. The number of hydrogen-bond acceptors (Lipinski definition) is 3. The van der Waals surface area contributed by atoms with Gasteiger partial charge in [0.15, 0.2) is 0 Å². The lowest BCUT2D eigenvalue weighted by molar-refractivity contribution is -0.134. The van der Waals surface area contributed by atoms with Gasteiger partial charge in [0, 0.05) is 6.08 Å². The van der Waals surface area contributed by atoms with Gasteiger partial charge in [-0.1, -0.05) is 0 Å². The molecular weight excluding hydrogens is 138 g/mol. The van der Waals surface area contributed by atoms with Gasteiger partial charge in [0.05, 0.1) is 0 Å². The normalized spacial score (nSPS) is 10.1. The number of aliphatic carboxylic acids is 2. The highest BCUT2D eigenvalue weighted by Gasteiger charge is 2.06. The first-order chi connectivity index (χ1) is 4.57. The first kappa shape index (κ1) is 8.17. The van der Waals surface area contributed by atoms with E-state index in [0.717, 1.165) is 0 Å². The SMILES string of the molecule is N#C/C(=C\C(=O)O)C(=O)O. The summed E-state index contributed by atoms with van der Waals surface area (Å²) in [5.41, 5.74) is -0.785. The zero-order valence-electron chi connectivity index (χ0n) is 4.74. The van der Waals surface area contributed by atoms with E-state index >= 15 is 0 Å². The maximum Gasteiger partial charge on any atom is 0.346 e. The van der Waals surface area contributed by atoms with Crippen LogP contribution in [0.25, 0.3) is 0 Å². The van der Waals surface area contributed by atoms with Crippen LogP contribution in [0.4, 0.5) is 0 Å². The van der Waals surface area contributed by atoms with Crippen molar-refractivity contribution in [2.45, 2.75) is 0 Å². The van der Waals surface area contributed by atoms with Crippen LogP contribution in [0.5, 0.6) is 0 Å². The van der Waals surface area contributed by atoms with E-state index in [0.29, 0.717) is 6.08 Å². The van der Waals surface area contributed by atoms with Crippen LogP contribution < -0.4 is 0 Å². The van der Waals surface area contributed by atoms with E-state index in [9.17, 15) is 9.59 Å². The summed E-state index contributed by atoms with van der Waals surface area (Å²) >= 11 is 0. The zero-order valence-corrected chi connectivity index (χ0v) is 4.74. The molecule has 10 heavy (non-hydrogen) atoms. The second-order valence-electron chi connectivity index (χ2n) is 1.31. The van der Waals surface area contributed by atoms with E-state index in [2.05, 4.69) is 0 Å². The Kier molecular flexibility index (Phi) is 2.65. The lowest BCUT2D eigenvalue weighted by Gasteiger charge is -1.83. The lowest BCUT2D eigenvalue weighted by Crippen LogP contribution is -2.01. The highest BCUT2D eigenvalue weighted by Crippen LogP contribution is 1.90. The number of carboxylic acids is 2. The highest BCUT2D eigenvalue weighted by molar-refractivity contribution is 5.97. The minimum absolute atomic E-state index is 0.336. The molecule has 0 aromatic carbocycles. The molecule has 0 atom stereocenters. The van der Waals surface area contributed by atoms with Crippen LogP contribution in [0.1, 0.15) is 0 Å². The number of carboxylic acid groups (broad SMARTS) is 2. The smallest absolute Gasteiger partial charge is 0.346 e. The van der Waals surface area contributed by atoms with Crippen LogP contribution in [0.15, 0.2) is 11.6 Å². The fraction of sp³-hybridized carbons (Fsp3) is 0. The van der Waals surface area contributed by atoms with Crippen LogP contribution in [0, 0.1) is 11.3 Å². The van der Waals surface area contributed by atoms with Crippen molar-refractivity contribution < 1.29 is 19.8 Å². The largest absolute Gasteiger partial charge is 0.478 e. The summed E-state index contributed by atoms with van der Waals surface area (Å²) in [6.45, 7) is 0. The number of carbonyl (C=O) groups is 2. The second-order valence-corrected chi connectivity index (χ2v) is 1.31. The predicted molar refractivity (Wildman–Crippen MR) is 29.0 cm³/mol. The van der Waals surface area contributed by atoms with Gasteiger partial charge in [0.2, 0.25) is 0 Å². The minimum Gasteiger partial charge on any atom is -0.478 e. The molecule has 0 aromatic heterocycles. The van der Waals surface area contributed by atoms with Gasteiger partial charge in [0.1, 0.15) is 11.6 Å². The fourth-order valence-electron chi connectivity index (χ4n) is 0.265. The van der Waals surface area contributed by atoms with Crippen LogP contribution in [-0.4, -0.2) is 22.2 Å². The average Bonchev–Trinajstić information content (AvgIpc) is 1.81. The van der Waals surface area contributed by atoms with Crippen molar-refractivity contribution in [2.75, 3.05) is 0 Å². The molecule has 0 saturated heterocycles. The van der Waals surface area contributed by atoms with E-state index in [4.69, 9.17) is 15.5 Å². The number of nitriles is 1. The van der Waals surface area contributed by atoms with E-state index < -0.39 is 17.5 Å². The molecule has 5 nitrogen and oxygen atoms in total. The molecule has 0 spiro atoms. The van der Waals surface area contributed by atoms with Crippen molar-refractivity contribution in [3.63, 3.8) is 0 Å². The third kappa shape index (κ3) is 2.47. The maximum atomic E-state index is 9.91. The van der Waals surface area contributed by atoms with Gasteiger partial charge in [0.25, 0.3) is 0 Å². The van der Waals surface area contributed by atoms with E-state index in [-0.39, 0.29) is 0 Å². The maximum absolute atomic E-state index is 9.91. The molecule has 0 aliphatic rings. The molecule has 2 N–H and O–H groups in total. The molecule has 0 aliphatic carbocycles.